The Bertz CT molecular complexity index is 538. The fourth-order valence-corrected chi connectivity index (χ4v) is 3.34. The summed E-state index contributed by atoms with van der Waals surface area (Å²) in [5.74, 6) is 7.29. The van der Waals surface area contributed by atoms with Gasteiger partial charge < -0.3 is 0 Å². The molecule has 1 heterocycles. The van der Waals surface area contributed by atoms with Gasteiger partial charge in [-0.2, -0.15) is 5.84 Å². The highest BCUT2D eigenvalue weighted by molar-refractivity contribution is 5.16. The minimum atomic E-state index is 0.696. The van der Waals surface area contributed by atoms with Crippen molar-refractivity contribution in [3.05, 3.63) is 71.8 Å². The normalized spacial score (nSPS) is 25.8. The molecule has 1 aliphatic heterocycles. The lowest BCUT2D eigenvalue weighted by Crippen LogP contribution is -2.51. The van der Waals surface area contributed by atoms with Crippen LogP contribution in [-0.4, -0.2) is 17.7 Å². The van der Waals surface area contributed by atoms with Crippen LogP contribution in [0.4, 0.5) is 0 Å². The van der Waals surface area contributed by atoms with Crippen LogP contribution in [0.3, 0.4) is 0 Å². The Hall–Kier alpha value is -1.64. The van der Waals surface area contributed by atoms with Gasteiger partial charge in [0.2, 0.25) is 0 Å². The topological polar surface area (TPSA) is 26.0 Å². The fourth-order valence-electron chi connectivity index (χ4n) is 3.34. The minimum absolute atomic E-state index is 0.696. The Morgan fingerprint density at radius 3 is 2.15 bits per heavy atom. The third-order valence-electron chi connectivity index (χ3n) is 4.31. The standard InChI is InChI=1S/C18H23N2/c19-20(14-17-9-5-2-6-10-17)12-11-18(15-20)13-16-7-3-1-4-8-16/h1-10,18H,11-15,19H2/q+1. The Labute approximate surface area is 121 Å². The molecule has 0 bridgehead atoms. The van der Waals surface area contributed by atoms with Gasteiger partial charge in [-0.25, -0.2) is 4.59 Å². The number of hydrogen-bond donors (Lipinski definition) is 1. The van der Waals surface area contributed by atoms with Crippen LogP contribution in [0.25, 0.3) is 0 Å². The molecule has 2 aromatic rings. The summed E-state index contributed by atoms with van der Waals surface area (Å²) in [6, 6.07) is 21.4. The summed E-state index contributed by atoms with van der Waals surface area (Å²) in [5.41, 5.74) is 2.78. The number of nitrogens with zero attached hydrogens (tertiary/aromatic N) is 1. The summed E-state index contributed by atoms with van der Waals surface area (Å²) < 4.78 is 0.696. The van der Waals surface area contributed by atoms with Gasteiger partial charge in [0.25, 0.3) is 0 Å². The van der Waals surface area contributed by atoms with Crippen molar-refractivity contribution in [1.82, 2.24) is 0 Å². The third kappa shape index (κ3) is 3.27. The van der Waals surface area contributed by atoms with Crippen molar-refractivity contribution in [3.8, 4) is 0 Å². The summed E-state index contributed by atoms with van der Waals surface area (Å²) in [7, 11) is 0. The molecule has 1 aliphatic rings. The molecule has 0 amide bonds. The van der Waals surface area contributed by atoms with Crippen molar-refractivity contribution in [1.29, 1.82) is 0 Å². The molecule has 1 saturated heterocycles. The van der Waals surface area contributed by atoms with Crippen LogP contribution in [0.2, 0.25) is 0 Å². The second-order valence-electron chi connectivity index (χ2n) is 6.11. The summed E-state index contributed by atoms with van der Waals surface area (Å²) in [6.07, 6.45) is 2.39. The molecule has 20 heavy (non-hydrogen) atoms. The van der Waals surface area contributed by atoms with E-state index >= 15 is 0 Å². The largest absolute Gasteiger partial charge is 0.244 e. The summed E-state index contributed by atoms with van der Waals surface area (Å²) in [4.78, 5) is 0. The first-order chi connectivity index (χ1) is 9.73. The van der Waals surface area contributed by atoms with Crippen LogP contribution in [0.1, 0.15) is 17.5 Å². The number of likely N-dealkylation sites (tertiary alicyclic amines) is 1. The second kappa shape index (κ2) is 5.78. The first kappa shape index (κ1) is 13.3. The molecule has 0 aromatic heterocycles. The molecule has 2 atom stereocenters. The first-order valence-corrected chi connectivity index (χ1v) is 7.46. The maximum atomic E-state index is 6.57. The van der Waals surface area contributed by atoms with E-state index < -0.39 is 0 Å². The van der Waals surface area contributed by atoms with E-state index in [-0.39, 0.29) is 0 Å². The van der Waals surface area contributed by atoms with Crippen LogP contribution >= 0.6 is 0 Å². The predicted octanol–water partition coefficient (Wildman–Crippen LogP) is 3.14. The van der Waals surface area contributed by atoms with E-state index in [1.54, 1.807) is 0 Å². The maximum Gasteiger partial charge on any atom is 0.122 e. The van der Waals surface area contributed by atoms with Gasteiger partial charge in [0.05, 0.1) is 13.1 Å². The van der Waals surface area contributed by atoms with Gasteiger partial charge in [-0.15, -0.1) is 0 Å². The van der Waals surface area contributed by atoms with E-state index in [0.29, 0.717) is 10.5 Å². The van der Waals surface area contributed by atoms with E-state index in [2.05, 4.69) is 60.7 Å². The summed E-state index contributed by atoms with van der Waals surface area (Å²) in [6.45, 7) is 3.13. The molecule has 0 radical (unpaired) electrons. The fraction of sp³-hybridized carbons (Fsp3) is 0.333. The van der Waals surface area contributed by atoms with Gasteiger partial charge in [-0.1, -0.05) is 60.7 Å². The molecule has 2 unspecified atom stereocenters. The zero-order valence-corrected chi connectivity index (χ0v) is 11.9. The molecule has 2 N–H and O–H groups in total. The molecule has 0 spiro atoms. The lowest BCUT2D eigenvalue weighted by molar-refractivity contribution is -0.942. The first-order valence-electron chi connectivity index (χ1n) is 7.46. The zero-order chi connectivity index (χ0) is 13.8. The monoisotopic (exact) mass is 267 g/mol. The Morgan fingerprint density at radius 2 is 1.50 bits per heavy atom. The number of hydrogen-bond acceptors (Lipinski definition) is 1. The molecule has 1 fully saturated rings. The lowest BCUT2D eigenvalue weighted by Gasteiger charge is -2.28. The molecule has 0 aliphatic carbocycles. The van der Waals surface area contributed by atoms with E-state index in [1.165, 1.54) is 17.5 Å². The average Bonchev–Trinajstić information content (AvgIpc) is 2.82. The smallest absolute Gasteiger partial charge is 0.122 e. The number of rotatable bonds is 4. The van der Waals surface area contributed by atoms with E-state index in [1.807, 2.05) is 0 Å². The van der Waals surface area contributed by atoms with Crippen LogP contribution in [0.15, 0.2) is 60.7 Å². The quantitative estimate of drug-likeness (QED) is 0.668. The molecule has 2 aromatic carbocycles. The Balaban J connectivity index is 1.61. The van der Waals surface area contributed by atoms with Gasteiger partial charge in [0, 0.05) is 17.9 Å². The van der Waals surface area contributed by atoms with Crippen molar-refractivity contribution in [2.75, 3.05) is 13.1 Å². The van der Waals surface area contributed by atoms with Gasteiger partial charge in [0.15, 0.2) is 0 Å². The van der Waals surface area contributed by atoms with Crippen LogP contribution in [0, 0.1) is 5.92 Å². The Kier molecular flexibility index (Phi) is 3.86. The van der Waals surface area contributed by atoms with E-state index in [0.717, 1.165) is 26.1 Å². The van der Waals surface area contributed by atoms with E-state index in [4.69, 9.17) is 5.84 Å². The zero-order valence-electron chi connectivity index (χ0n) is 11.9. The highest BCUT2D eigenvalue weighted by atomic mass is 15.6. The number of quaternary nitrogens is 1. The van der Waals surface area contributed by atoms with Gasteiger partial charge in [0.1, 0.15) is 6.54 Å². The molecular weight excluding hydrogens is 244 g/mol. The van der Waals surface area contributed by atoms with Crippen molar-refractivity contribution in [2.24, 2.45) is 11.8 Å². The third-order valence-corrected chi connectivity index (χ3v) is 4.31. The molecule has 0 saturated carbocycles. The molecule has 2 nitrogen and oxygen atoms in total. The predicted molar refractivity (Wildman–Crippen MR) is 82.6 cm³/mol. The molecule has 2 heteroatoms. The van der Waals surface area contributed by atoms with Gasteiger partial charge in [-0.3, -0.25) is 0 Å². The van der Waals surface area contributed by atoms with Crippen LogP contribution in [0.5, 0.6) is 0 Å². The van der Waals surface area contributed by atoms with Crippen molar-refractivity contribution in [2.45, 2.75) is 19.4 Å². The van der Waals surface area contributed by atoms with Crippen LogP contribution in [-0.2, 0) is 13.0 Å². The van der Waals surface area contributed by atoms with Gasteiger partial charge in [-0.05, 0) is 12.0 Å². The minimum Gasteiger partial charge on any atom is -0.244 e. The number of nitrogens with two attached hydrogens (primary N) is 1. The van der Waals surface area contributed by atoms with E-state index in [9.17, 15) is 0 Å². The lowest BCUT2D eigenvalue weighted by atomic mass is 9.99. The second-order valence-corrected chi connectivity index (χ2v) is 6.11. The summed E-state index contributed by atoms with van der Waals surface area (Å²) >= 11 is 0. The highest BCUT2D eigenvalue weighted by Gasteiger charge is 2.35. The Morgan fingerprint density at radius 1 is 0.900 bits per heavy atom. The SMILES string of the molecule is N[N+]1(Cc2ccccc2)CCC(Cc2ccccc2)C1. The van der Waals surface area contributed by atoms with Crippen LogP contribution < -0.4 is 5.84 Å². The van der Waals surface area contributed by atoms with Crippen molar-refractivity contribution < 1.29 is 4.59 Å². The van der Waals surface area contributed by atoms with Gasteiger partial charge >= 0.3 is 0 Å². The molecular formula is C18H23N2+. The molecule has 3 rings (SSSR count). The highest BCUT2D eigenvalue weighted by Crippen LogP contribution is 2.26. The van der Waals surface area contributed by atoms with Crippen molar-refractivity contribution in [3.63, 3.8) is 0 Å². The average molecular weight is 267 g/mol. The maximum absolute atomic E-state index is 6.57. The van der Waals surface area contributed by atoms with Crippen molar-refractivity contribution >= 4 is 0 Å². The number of benzene rings is 2. The molecule has 104 valence electrons. The summed E-state index contributed by atoms with van der Waals surface area (Å²) in [5, 5.41) is 0.